The first-order valence-corrected chi connectivity index (χ1v) is 6.47. The molecule has 1 saturated carbocycles. The van der Waals surface area contributed by atoms with Crippen molar-refractivity contribution in [3.63, 3.8) is 0 Å². The number of aromatic nitrogens is 2. The highest BCUT2D eigenvalue weighted by Crippen LogP contribution is 2.22. The zero-order chi connectivity index (χ0) is 14.8. The van der Waals surface area contributed by atoms with Crippen LogP contribution >= 0.6 is 0 Å². The van der Waals surface area contributed by atoms with Gasteiger partial charge in [0, 0.05) is 12.1 Å². The molecule has 5 nitrogen and oxygen atoms in total. The molecule has 1 amide bonds. The molecule has 1 heterocycles. The van der Waals surface area contributed by atoms with Crippen molar-refractivity contribution < 1.29 is 13.6 Å². The zero-order valence-corrected chi connectivity index (χ0v) is 10.9. The van der Waals surface area contributed by atoms with Gasteiger partial charge in [0.15, 0.2) is 0 Å². The monoisotopic (exact) mass is 290 g/mol. The van der Waals surface area contributed by atoms with Gasteiger partial charge in [-0.05, 0) is 25.0 Å². The number of amides is 1. The van der Waals surface area contributed by atoms with Gasteiger partial charge in [-0.3, -0.25) is 4.79 Å². The number of carbonyl (C=O) groups is 1. The van der Waals surface area contributed by atoms with Gasteiger partial charge in [-0.1, -0.05) is 6.07 Å². The molecule has 0 bridgehead atoms. The first kappa shape index (κ1) is 13.4. The fraction of sp³-hybridized carbons (Fsp3) is 0.214. The van der Waals surface area contributed by atoms with Crippen molar-refractivity contribution in [2.75, 3.05) is 5.32 Å². The molecule has 0 aliphatic heterocycles. The minimum atomic E-state index is -0.738. The van der Waals surface area contributed by atoms with E-state index < -0.39 is 11.6 Å². The predicted molar refractivity (Wildman–Crippen MR) is 72.2 cm³/mol. The fourth-order valence-corrected chi connectivity index (χ4v) is 1.78. The largest absolute Gasteiger partial charge is 0.348 e. The van der Waals surface area contributed by atoms with E-state index in [1.54, 1.807) is 0 Å². The third-order valence-corrected chi connectivity index (χ3v) is 3.03. The maximum absolute atomic E-state index is 13.6. The lowest BCUT2D eigenvalue weighted by molar-refractivity contribution is 0.0946. The number of benzene rings is 1. The third kappa shape index (κ3) is 3.13. The highest BCUT2D eigenvalue weighted by molar-refractivity contribution is 5.93. The third-order valence-electron chi connectivity index (χ3n) is 3.03. The molecule has 0 radical (unpaired) electrons. The second-order valence-corrected chi connectivity index (χ2v) is 4.76. The Labute approximate surface area is 119 Å². The van der Waals surface area contributed by atoms with Crippen LogP contribution in [-0.2, 0) is 0 Å². The van der Waals surface area contributed by atoms with Crippen LogP contribution in [0.25, 0.3) is 0 Å². The van der Waals surface area contributed by atoms with Crippen LogP contribution in [0.15, 0.2) is 30.6 Å². The number of carbonyl (C=O) groups excluding carboxylic acids is 1. The number of para-hydroxylation sites is 1. The molecule has 0 saturated heterocycles. The number of nitrogens with one attached hydrogen (secondary N) is 2. The van der Waals surface area contributed by atoms with Crippen LogP contribution in [0.4, 0.5) is 20.3 Å². The molecule has 7 heteroatoms. The summed E-state index contributed by atoms with van der Waals surface area (Å²) >= 11 is 0. The quantitative estimate of drug-likeness (QED) is 0.907. The summed E-state index contributed by atoms with van der Waals surface area (Å²) in [4.78, 5) is 19.6. The maximum Gasteiger partial charge on any atom is 0.270 e. The van der Waals surface area contributed by atoms with Crippen molar-refractivity contribution in [2.45, 2.75) is 18.9 Å². The first-order chi connectivity index (χ1) is 10.1. The molecule has 1 aromatic heterocycles. The topological polar surface area (TPSA) is 66.9 Å². The normalized spacial score (nSPS) is 13.8. The Kier molecular flexibility index (Phi) is 3.47. The summed E-state index contributed by atoms with van der Waals surface area (Å²) in [7, 11) is 0. The average molecular weight is 290 g/mol. The Morgan fingerprint density at radius 3 is 2.57 bits per heavy atom. The van der Waals surface area contributed by atoms with E-state index in [1.807, 2.05) is 0 Å². The van der Waals surface area contributed by atoms with E-state index in [9.17, 15) is 13.6 Å². The van der Waals surface area contributed by atoms with E-state index >= 15 is 0 Å². The lowest BCUT2D eigenvalue weighted by atomic mass is 10.3. The summed E-state index contributed by atoms with van der Waals surface area (Å²) < 4.78 is 27.1. The van der Waals surface area contributed by atoms with Gasteiger partial charge >= 0.3 is 0 Å². The Balaban J connectivity index is 1.81. The molecule has 0 spiro atoms. The Bertz CT molecular complexity index is 668. The zero-order valence-electron chi connectivity index (χ0n) is 10.9. The summed E-state index contributed by atoms with van der Waals surface area (Å²) in [5, 5.41) is 5.30. The minimum absolute atomic E-state index is 0.148. The Morgan fingerprint density at radius 1 is 1.19 bits per heavy atom. The van der Waals surface area contributed by atoms with Crippen LogP contribution in [0.2, 0.25) is 0 Å². The van der Waals surface area contributed by atoms with Crippen LogP contribution in [0, 0.1) is 11.6 Å². The van der Waals surface area contributed by atoms with Crippen LogP contribution in [0.5, 0.6) is 0 Å². The van der Waals surface area contributed by atoms with Gasteiger partial charge in [0.2, 0.25) is 0 Å². The van der Waals surface area contributed by atoms with Crippen molar-refractivity contribution in [1.82, 2.24) is 15.3 Å². The van der Waals surface area contributed by atoms with Crippen molar-refractivity contribution in [3.8, 4) is 0 Å². The standard InChI is InChI=1S/C14H12F2N4O/c15-9-2-1-3-10(16)13(9)20-12-6-11(17-7-18-12)14(21)19-8-4-5-8/h1-3,6-8H,4-5H2,(H,19,21)(H,17,18,20). The van der Waals surface area contributed by atoms with Crippen molar-refractivity contribution in [2.24, 2.45) is 0 Å². The fourth-order valence-electron chi connectivity index (χ4n) is 1.78. The molecule has 1 aromatic carbocycles. The summed E-state index contributed by atoms with van der Waals surface area (Å²) in [6.45, 7) is 0. The molecule has 108 valence electrons. The smallest absolute Gasteiger partial charge is 0.270 e. The molecule has 1 aliphatic carbocycles. The Morgan fingerprint density at radius 2 is 1.90 bits per heavy atom. The summed E-state index contributed by atoms with van der Waals surface area (Å²) in [5.41, 5.74) is -0.166. The number of rotatable bonds is 4. The maximum atomic E-state index is 13.6. The minimum Gasteiger partial charge on any atom is -0.348 e. The van der Waals surface area contributed by atoms with Gasteiger partial charge in [-0.15, -0.1) is 0 Å². The van der Waals surface area contributed by atoms with Gasteiger partial charge in [0.25, 0.3) is 5.91 Å². The molecular formula is C14H12F2N4O. The van der Waals surface area contributed by atoms with E-state index in [0.717, 1.165) is 25.0 Å². The highest BCUT2D eigenvalue weighted by atomic mass is 19.1. The van der Waals surface area contributed by atoms with E-state index in [2.05, 4.69) is 20.6 Å². The summed E-state index contributed by atoms with van der Waals surface area (Å²) in [6, 6.07) is 5.09. The van der Waals surface area contributed by atoms with E-state index in [1.165, 1.54) is 18.5 Å². The SMILES string of the molecule is O=C(NC1CC1)c1cc(Nc2c(F)cccc2F)ncn1. The highest BCUT2D eigenvalue weighted by Gasteiger charge is 2.24. The molecule has 1 aliphatic rings. The molecule has 3 rings (SSSR count). The molecule has 1 fully saturated rings. The van der Waals surface area contributed by atoms with Crippen LogP contribution in [-0.4, -0.2) is 21.9 Å². The molecule has 2 aromatic rings. The molecule has 0 unspecified atom stereocenters. The van der Waals surface area contributed by atoms with Gasteiger partial charge in [0.1, 0.15) is 35.2 Å². The van der Waals surface area contributed by atoms with Gasteiger partial charge in [-0.2, -0.15) is 0 Å². The van der Waals surface area contributed by atoms with Crippen LogP contribution in [0.1, 0.15) is 23.3 Å². The lowest BCUT2D eigenvalue weighted by Gasteiger charge is -2.08. The van der Waals surface area contributed by atoms with Crippen molar-refractivity contribution in [1.29, 1.82) is 0 Å². The first-order valence-electron chi connectivity index (χ1n) is 6.47. The number of halogens is 2. The van der Waals surface area contributed by atoms with E-state index in [-0.39, 0.29) is 29.1 Å². The van der Waals surface area contributed by atoms with Crippen molar-refractivity contribution in [3.05, 3.63) is 47.9 Å². The van der Waals surface area contributed by atoms with E-state index in [0.29, 0.717) is 0 Å². The molecule has 21 heavy (non-hydrogen) atoms. The van der Waals surface area contributed by atoms with Crippen LogP contribution in [0.3, 0.4) is 0 Å². The second-order valence-electron chi connectivity index (χ2n) is 4.76. The number of hydrogen-bond donors (Lipinski definition) is 2. The summed E-state index contributed by atoms with van der Waals surface area (Å²) in [6.07, 6.45) is 3.09. The lowest BCUT2D eigenvalue weighted by Crippen LogP contribution is -2.26. The second kappa shape index (κ2) is 5.43. The number of anilines is 2. The predicted octanol–water partition coefficient (Wildman–Crippen LogP) is 2.39. The van der Waals surface area contributed by atoms with Crippen LogP contribution < -0.4 is 10.6 Å². The van der Waals surface area contributed by atoms with E-state index in [4.69, 9.17) is 0 Å². The summed E-state index contributed by atoms with van der Waals surface area (Å²) in [5.74, 6) is -1.65. The number of nitrogens with zero attached hydrogens (tertiary/aromatic N) is 2. The number of hydrogen-bond acceptors (Lipinski definition) is 4. The average Bonchev–Trinajstić information content (AvgIpc) is 3.27. The molecule has 2 N–H and O–H groups in total. The Hall–Kier alpha value is -2.57. The molecule has 0 atom stereocenters. The van der Waals surface area contributed by atoms with Gasteiger partial charge < -0.3 is 10.6 Å². The van der Waals surface area contributed by atoms with Gasteiger partial charge in [0.05, 0.1) is 0 Å². The van der Waals surface area contributed by atoms with Crippen molar-refractivity contribution >= 4 is 17.4 Å². The molecular weight excluding hydrogens is 278 g/mol. The van der Waals surface area contributed by atoms with Gasteiger partial charge in [-0.25, -0.2) is 18.7 Å².